The van der Waals surface area contributed by atoms with Gasteiger partial charge in [-0.2, -0.15) is 0 Å². The third-order valence-corrected chi connectivity index (χ3v) is 4.71. The number of aryl methyl sites for hydroxylation is 1. The number of amides is 1. The van der Waals surface area contributed by atoms with Crippen LogP contribution in [0, 0.1) is 0 Å². The van der Waals surface area contributed by atoms with Crippen LogP contribution in [0.1, 0.15) is 34.1 Å². The Morgan fingerprint density at radius 2 is 2.25 bits per heavy atom. The maximum Gasteiger partial charge on any atom is 0.254 e. The summed E-state index contributed by atoms with van der Waals surface area (Å²) in [5, 5.41) is 2.04. The molecule has 3 rings (SSSR count). The summed E-state index contributed by atoms with van der Waals surface area (Å²) in [5.41, 5.74) is 0.333. The number of nitrogens with zero attached hydrogens (tertiary/aromatic N) is 2. The highest BCUT2D eigenvalue weighted by molar-refractivity contribution is 7.10. The summed E-state index contributed by atoms with van der Waals surface area (Å²) in [6.45, 7) is 0.761. The lowest BCUT2D eigenvalue weighted by atomic mass is 10.1. The van der Waals surface area contributed by atoms with E-state index in [-0.39, 0.29) is 17.5 Å². The fourth-order valence-corrected chi connectivity index (χ4v) is 3.51. The van der Waals surface area contributed by atoms with Gasteiger partial charge in [0, 0.05) is 36.3 Å². The van der Waals surface area contributed by atoms with Gasteiger partial charge in [-0.3, -0.25) is 9.59 Å². The van der Waals surface area contributed by atoms with Gasteiger partial charge in [-0.1, -0.05) is 6.07 Å². The molecule has 1 atom stereocenters. The van der Waals surface area contributed by atoms with Crippen molar-refractivity contribution in [2.45, 2.75) is 18.9 Å². The molecule has 104 valence electrons. The largest absolute Gasteiger partial charge is 0.331 e. The maximum absolute atomic E-state index is 12.6. The Labute approximate surface area is 121 Å². The molecule has 0 N–H and O–H groups in total. The average molecular weight is 288 g/mol. The molecule has 2 aromatic rings. The van der Waals surface area contributed by atoms with E-state index < -0.39 is 0 Å². The van der Waals surface area contributed by atoms with Crippen molar-refractivity contribution in [2.75, 3.05) is 6.54 Å². The lowest BCUT2D eigenvalue weighted by Gasteiger charge is -2.24. The van der Waals surface area contributed by atoms with Crippen molar-refractivity contribution in [1.82, 2.24) is 9.47 Å². The lowest BCUT2D eigenvalue weighted by molar-refractivity contribution is 0.0737. The first-order valence-corrected chi connectivity index (χ1v) is 7.56. The molecule has 0 radical (unpaired) electrons. The van der Waals surface area contributed by atoms with Crippen LogP contribution >= 0.6 is 11.3 Å². The van der Waals surface area contributed by atoms with E-state index >= 15 is 0 Å². The number of likely N-dealkylation sites (tertiary alicyclic amines) is 1. The van der Waals surface area contributed by atoms with Crippen LogP contribution in [0.3, 0.4) is 0 Å². The Balaban J connectivity index is 1.89. The number of aromatic nitrogens is 1. The van der Waals surface area contributed by atoms with E-state index in [1.807, 2.05) is 16.3 Å². The van der Waals surface area contributed by atoms with Gasteiger partial charge in [0.15, 0.2) is 0 Å². The third-order valence-electron chi connectivity index (χ3n) is 3.74. The monoisotopic (exact) mass is 288 g/mol. The molecular formula is C15H16N2O2S. The molecule has 1 amide bonds. The highest BCUT2D eigenvalue weighted by Gasteiger charge is 2.31. The fraction of sp³-hybridized carbons (Fsp3) is 0.333. The zero-order chi connectivity index (χ0) is 14.1. The number of hydrogen-bond donors (Lipinski definition) is 0. The molecule has 1 aliphatic heterocycles. The van der Waals surface area contributed by atoms with E-state index in [2.05, 4.69) is 6.07 Å². The predicted octanol–water partition coefficient (Wildman–Crippen LogP) is 2.42. The Kier molecular flexibility index (Phi) is 3.44. The molecule has 2 aromatic heterocycles. The summed E-state index contributed by atoms with van der Waals surface area (Å²) in [5.74, 6) is -0.0430. The van der Waals surface area contributed by atoms with Gasteiger partial charge >= 0.3 is 0 Å². The average Bonchev–Trinajstić information content (AvgIpc) is 3.10. The quantitative estimate of drug-likeness (QED) is 0.851. The van der Waals surface area contributed by atoms with Gasteiger partial charge in [-0.15, -0.1) is 11.3 Å². The van der Waals surface area contributed by atoms with Crippen molar-refractivity contribution in [3.05, 3.63) is 56.6 Å². The van der Waals surface area contributed by atoms with E-state index in [4.69, 9.17) is 0 Å². The first kappa shape index (κ1) is 13.1. The van der Waals surface area contributed by atoms with Crippen LogP contribution in [-0.4, -0.2) is 21.9 Å². The van der Waals surface area contributed by atoms with Gasteiger partial charge < -0.3 is 9.47 Å². The van der Waals surface area contributed by atoms with E-state index in [1.165, 1.54) is 15.5 Å². The van der Waals surface area contributed by atoms with Crippen LogP contribution in [0.15, 0.2) is 40.6 Å². The number of pyridine rings is 1. The normalized spacial score (nSPS) is 18.4. The Bertz CT molecular complexity index is 675. The molecule has 5 heteroatoms. The Morgan fingerprint density at radius 1 is 1.40 bits per heavy atom. The molecule has 20 heavy (non-hydrogen) atoms. The Hall–Kier alpha value is -1.88. The van der Waals surface area contributed by atoms with Crippen molar-refractivity contribution in [1.29, 1.82) is 0 Å². The Morgan fingerprint density at radius 3 is 2.95 bits per heavy atom. The molecule has 0 bridgehead atoms. The number of hydrogen-bond acceptors (Lipinski definition) is 3. The van der Waals surface area contributed by atoms with E-state index in [9.17, 15) is 9.59 Å². The topological polar surface area (TPSA) is 42.3 Å². The van der Waals surface area contributed by atoms with Crippen LogP contribution in [-0.2, 0) is 7.05 Å². The molecule has 1 aliphatic rings. The maximum atomic E-state index is 12.6. The zero-order valence-electron chi connectivity index (χ0n) is 11.3. The standard InChI is InChI=1S/C15H16N2O2S/c1-16-8-6-11(10-14(16)18)15(19)17-7-2-4-12(17)13-5-3-9-20-13/h3,5-6,8-10,12H,2,4,7H2,1H3/t12-/m0/s1. The minimum Gasteiger partial charge on any atom is -0.331 e. The molecule has 3 heterocycles. The van der Waals surface area contributed by atoms with Gasteiger partial charge in [0.1, 0.15) is 0 Å². The second kappa shape index (κ2) is 5.25. The third kappa shape index (κ3) is 2.29. The molecule has 0 aliphatic carbocycles. The zero-order valence-corrected chi connectivity index (χ0v) is 12.1. The molecule has 0 spiro atoms. The van der Waals surface area contributed by atoms with Gasteiger partial charge in [0.25, 0.3) is 11.5 Å². The van der Waals surface area contributed by atoms with E-state index in [0.29, 0.717) is 5.56 Å². The number of carbonyl (C=O) groups excluding carboxylic acids is 1. The first-order valence-electron chi connectivity index (χ1n) is 6.68. The van der Waals surface area contributed by atoms with E-state index in [1.54, 1.807) is 30.6 Å². The summed E-state index contributed by atoms with van der Waals surface area (Å²) >= 11 is 1.68. The van der Waals surface area contributed by atoms with Crippen molar-refractivity contribution < 1.29 is 4.79 Å². The molecule has 1 saturated heterocycles. The second-order valence-electron chi connectivity index (χ2n) is 5.04. The van der Waals surface area contributed by atoms with Gasteiger partial charge in [0.05, 0.1) is 6.04 Å². The molecule has 1 fully saturated rings. The van der Waals surface area contributed by atoms with Gasteiger partial charge in [0.2, 0.25) is 0 Å². The molecule has 0 aromatic carbocycles. The van der Waals surface area contributed by atoms with Gasteiger partial charge in [-0.25, -0.2) is 0 Å². The SMILES string of the molecule is Cn1ccc(C(=O)N2CCC[C@H]2c2cccs2)cc1=O. The highest BCUT2D eigenvalue weighted by atomic mass is 32.1. The van der Waals surface area contributed by atoms with Crippen molar-refractivity contribution in [2.24, 2.45) is 7.05 Å². The van der Waals surface area contributed by atoms with Crippen LogP contribution in [0.4, 0.5) is 0 Å². The van der Waals surface area contributed by atoms with Crippen LogP contribution < -0.4 is 5.56 Å². The van der Waals surface area contributed by atoms with Crippen LogP contribution in [0.5, 0.6) is 0 Å². The summed E-state index contributed by atoms with van der Waals surface area (Å²) in [7, 11) is 1.68. The molecular weight excluding hydrogens is 272 g/mol. The lowest BCUT2D eigenvalue weighted by Crippen LogP contribution is -2.31. The molecule has 0 saturated carbocycles. The number of carbonyl (C=O) groups is 1. The van der Waals surface area contributed by atoms with Crippen molar-refractivity contribution in [3.63, 3.8) is 0 Å². The smallest absolute Gasteiger partial charge is 0.254 e. The summed E-state index contributed by atoms with van der Waals surface area (Å²) in [6, 6.07) is 7.38. The second-order valence-corrected chi connectivity index (χ2v) is 6.02. The number of thiophene rings is 1. The number of rotatable bonds is 2. The fourth-order valence-electron chi connectivity index (χ4n) is 2.63. The van der Waals surface area contributed by atoms with Gasteiger partial charge in [-0.05, 0) is 30.4 Å². The minimum absolute atomic E-state index is 0.0430. The molecule has 0 unspecified atom stereocenters. The van der Waals surface area contributed by atoms with E-state index in [0.717, 1.165) is 19.4 Å². The van der Waals surface area contributed by atoms with Crippen molar-refractivity contribution >= 4 is 17.2 Å². The summed E-state index contributed by atoms with van der Waals surface area (Å²) in [6.07, 6.45) is 3.65. The minimum atomic E-state index is -0.150. The summed E-state index contributed by atoms with van der Waals surface area (Å²) < 4.78 is 1.47. The molecule has 4 nitrogen and oxygen atoms in total. The van der Waals surface area contributed by atoms with Crippen LogP contribution in [0.2, 0.25) is 0 Å². The first-order chi connectivity index (χ1) is 9.66. The highest BCUT2D eigenvalue weighted by Crippen LogP contribution is 2.35. The summed E-state index contributed by atoms with van der Waals surface area (Å²) in [4.78, 5) is 27.4. The van der Waals surface area contributed by atoms with Crippen molar-refractivity contribution in [3.8, 4) is 0 Å². The predicted molar refractivity (Wildman–Crippen MR) is 79.0 cm³/mol. The van der Waals surface area contributed by atoms with Crippen LogP contribution in [0.25, 0.3) is 0 Å².